The second kappa shape index (κ2) is 11.4. The number of alkyl halides is 3. The number of rotatable bonds is 10. The van der Waals surface area contributed by atoms with Crippen molar-refractivity contribution in [2.75, 3.05) is 11.8 Å². The molecule has 3 unspecified atom stereocenters. The molecule has 3 atom stereocenters. The van der Waals surface area contributed by atoms with Gasteiger partial charge >= 0.3 is 0 Å². The predicted molar refractivity (Wildman–Crippen MR) is 82.3 cm³/mol. The van der Waals surface area contributed by atoms with Gasteiger partial charge in [0.15, 0.2) is 0 Å². The fraction of sp³-hybridized carbons (Fsp3) is 1.00. The van der Waals surface area contributed by atoms with Crippen molar-refractivity contribution in [1.82, 2.24) is 0 Å². The summed E-state index contributed by atoms with van der Waals surface area (Å²) in [5.41, 5.74) is 0. The maximum absolute atomic E-state index is 5.91. The third-order valence-corrected chi connectivity index (χ3v) is 4.97. The molecule has 0 saturated heterocycles. The maximum atomic E-state index is 5.91. The van der Waals surface area contributed by atoms with Gasteiger partial charge in [-0.15, -0.1) is 23.2 Å². The van der Waals surface area contributed by atoms with E-state index in [1.807, 2.05) is 0 Å². The summed E-state index contributed by atoms with van der Waals surface area (Å²) in [5, 5.41) is 0. The van der Waals surface area contributed by atoms with Gasteiger partial charge in [0.05, 0.1) is 16.1 Å². The Morgan fingerprint density at radius 1 is 1.12 bits per heavy atom. The van der Waals surface area contributed by atoms with E-state index in [0.29, 0.717) is 21.8 Å². The first-order valence-electron chi connectivity index (χ1n) is 6.07. The Morgan fingerprint density at radius 2 is 1.81 bits per heavy atom. The van der Waals surface area contributed by atoms with Crippen LogP contribution in [0, 0.1) is 0 Å². The number of ether oxygens (including phenoxy) is 1. The largest absolute Gasteiger partial charge is 0.373 e. The molecule has 0 amide bonds. The molecule has 16 heavy (non-hydrogen) atoms. The van der Waals surface area contributed by atoms with Crippen molar-refractivity contribution < 1.29 is 4.74 Å². The van der Waals surface area contributed by atoms with E-state index in [2.05, 4.69) is 36.4 Å². The van der Waals surface area contributed by atoms with Crippen molar-refractivity contribution >= 4 is 45.8 Å². The molecular formula is C12H23Cl2IO. The summed E-state index contributed by atoms with van der Waals surface area (Å²) in [7, 11) is 0. The minimum absolute atomic E-state index is 0.0842. The number of halogens is 3. The lowest BCUT2D eigenvalue weighted by molar-refractivity contribution is 0.00869. The van der Waals surface area contributed by atoms with E-state index in [9.17, 15) is 0 Å². The number of unbranched alkanes of at least 4 members (excludes halogenated alkanes) is 3. The van der Waals surface area contributed by atoms with Gasteiger partial charge in [-0.2, -0.15) is 0 Å². The highest BCUT2D eigenvalue weighted by molar-refractivity contribution is 14.1. The van der Waals surface area contributed by atoms with E-state index in [1.165, 1.54) is 25.7 Å². The standard InChI is InChI=1S/C12H23Cl2IO/c1-3-4-5-6-7-10(2)16-12(9-14)11(15)8-13/h10-12H,3-9H2,1-2H3. The average Bonchev–Trinajstić information content (AvgIpc) is 2.30. The monoisotopic (exact) mass is 380 g/mol. The van der Waals surface area contributed by atoms with E-state index >= 15 is 0 Å². The molecule has 4 heteroatoms. The zero-order chi connectivity index (χ0) is 12.4. The van der Waals surface area contributed by atoms with Crippen LogP contribution in [0.4, 0.5) is 0 Å². The van der Waals surface area contributed by atoms with Crippen LogP contribution in [-0.4, -0.2) is 27.9 Å². The lowest BCUT2D eigenvalue weighted by atomic mass is 10.1. The van der Waals surface area contributed by atoms with Crippen LogP contribution in [0.15, 0.2) is 0 Å². The summed E-state index contributed by atoms with van der Waals surface area (Å²) in [6.07, 6.45) is 6.65. The Balaban J connectivity index is 3.69. The molecule has 0 aromatic carbocycles. The highest BCUT2D eigenvalue weighted by atomic mass is 127. The van der Waals surface area contributed by atoms with Crippen molar-refractivity contribution in [3.63, 3.8) is 0 Å². The van der Waals surface area contributed by atoms with Gasteiger partial charge in [-0.05, 0) is 13.3 Å². The normalized spacial score (nSPS) is 17.1. The molecular weight excluding hydrogens is 358 g/mol. The molecule has 0 aromatic heterocycles. The van der Waals surface area contributed by atoms with E-state index in [0.717, 1.165) is 6.42 Å². The average molecular weight is 381 g/mol. The van der Waals surface area contributed by atoms with Crippen LogP contribution in [0.1, 0.15) is 46.0 Å². The number of hydrogen-bond donors (Lipinski definition) is 0. The molecule has 0 fully saturated rings. The molecule has 0 bridgehead atoms. The van der Waals surface area contributed by atoms with Gasteiger partial charge < -0.3 is 4.74 Å². The van der Waals surface area contributed by atoms with Gasteiger partial charge in [0.25, 0.3) is 0 Å². The zero-order valence-corrected chi connectivity index (χ0v) is 13.9. The summed E-state index contributed by atoms with van der Waals surface area (Å²) in [6.45, 7) is 4.35. The fourth-order valence-corrected chi connectivity index (χ4v) is 2.75. The van der Waals surface area contributed by atoms with Crippen molar-refractivity contribution in [1.29, 1.82) is 0 Å². The van der Waals surface area contributed by atoms with Gasteiger partial charge in [-0.3, -0.25) is 0 Å². The zero-order valence-electron chi connectivity index (χ0n) is 10.2. The molecule has 0 saturated carbocycles. The first kappa shape index (κ1) is 17.3. The second-order valence-electron chi connectivity index (χ2n) is 4.16. The predicted octanol–water partition coefficient (Wildman–Crippen LogP) is 5.01. The molecule has 0 spiro atoms. The smallest absolute Gasteiger partial charge is 0.0842 e. The molecule has 0 rings (SSSR count). The molecule has 0 aromatic rings. The summed E-state index contributed by atoms with van der Waals surface area (Å²) >= 11 is 14.0. The highest BCUT2D eigenvalue weighted by Gasteiger charge is 2.20. The molecule has 0 heterocycles. The molecule has 0 aliphatic carbocycles. The molecule has 98 valence electrons. The third kappa shape index (κ3) is 8.37. The Morgan fingerprint density at radius 3 is 2.31 bits per heavy atom. The molecule has 1 nitrogen and oxygen atoms in total. The lowest BCUT2D eigenvalue weighted by Gasteiger charge is -2.23. The summed E-state index contributed by atoms with van der Waals surface area (Å²) < 4.78 is 6.21. The van der Waals surface area contributed by atoms with Gasteiger partial charge in [-0.25, -0.2) is 0 Å². The Hall–Kier alpha value is 1.27. The van der Waals surface area contributed by atoms with Crippen LogP contribution in [-0.2, 0) is 4.74 Å². The van der Waals surface area contributed by atoms with Gasteiger partial charge in [-0.1, -0.05) is 55.2 Å². The van der Waals surface area contributed by atoms with Crippen LogP contribution in [0.25, 0.3) is 0 Å². The second-order valence-corrected chi connectivity index (χ2v) is 6.38. The summed E-state index contributed by atoms with van der Waals surface area (Å²) in [4.78, 5) is 0. The van der Waals surface area contributed by atoms with E-state index < -0.39 is 0 Å². The minimum Gasteiger partial charge on any atom is -0.373 e. The molecule has 0 N–H and O–H groups in total. The SMILES string of the molecule is CCCCCCC(C)OC(CCl)C(I)CCl. The van der Waals surface area contributed by atoms with Crippen LogP contribution in [0.2, 0.25) is 0 Å². The highest BCUT2D eigenvalue weighted by Crippen LogP contribution is 2.18. The lowest BCUT2D eigenvalue weighted by Crippen LogP contribution is -2.31. The molecule has 0 aliphatic rings. The fourth-order valence-electron chi connectivity index (χ4n) is 1.54. The Labute approximate surface area is 124 Å². The van der Waals surface area contributed by atoms with Crippen LogP contribution >= 0.6 is 45.8 Å². The van der Waals surface area contributed by atoms with Gasteiger partial charge in [0.1, 0.15) is 0 Å². The van der Waals surface area contributed by atoms with Crippen LogP contribution in [0.5, 0.6) is 0 Å². The number of hydrogen-bond acceptors (Lipinski definition) is 1. The molecule has 0 radical (unpaired) electrons. The third-order valence-electron chi connectivity index (χ3n) is 2.57. The van der Waals surface area contributed by atoms with Gasteiger partial charge in [0, 0.05) is 11.8 Å². The summed E-state index contributed by atoms with van der Waals surface area (Å²) in [6, 6.07) is 0. The van der Waals surface area contributed by atoms with Crippen molar-refractivity contribution in [2.24, 2.45) is 0 Å². The van der Waals surface area contributed by atoms with E-state index in [-0.39, 0.29) is 6.10 Å². The quantitative estimate of drug-likeness (QED) is 0.294. The Bertz CT molecular complexity index is 158. The van der Waals surface area contributed by atoms with E-state index in [1.54, 1.807) is 0 Å². The van der Waals surface area contributed by atoms with Gasteiger partial charge in [0.2, 0.25) is 0 Å². The first-order valence-corrected chi connectivity index (χ1v) is 8.38. The van der Waals surface area contributed by atoms with Crippen LogP contribution in [0.3, 0.4) is 0 Å². The molecule has 0 aliphatic heterocycles. The summed E-state index contributed by atoms with van der Waals surface area (Å²) in [5.74, 6) is 1.13. The Kier molecular flexibility index (Phi) is 12.3. The van der Waals surface area contributed by atoms with Crippen LogP contribution < -0.4 is 0 Å². The van der Waals surface area contributed by atoms with E-state index in [4.69, 9.17) is 27.9 Å². The first-order chi connectivity index (χ1) is 7.65. The maximum Gasteiger partial charge on any atom is 0.0842 e. The topological polar surface area (TPSA) is 9.23 Å². The van der Waals surface area contributed by atoms with Crippen molar-refractivity contribution in [2.45, 2.75) is 62.1 Å². The van der Waals surface area contributed by atoms with Crippen molar-refractivity contribution in [3.05, 3.63) is 0 Å². The minimum atomic E-state index is 0.0842. The van der Waals surface area contributed by atoms with Crippen molar-refractivity contribution in [3.8, 4) is 0 Å².